The molecular formula is C26H38. The largest absolute Gasteiger partial charge is 0.0625 e. The summed E-state index contributed by atoms with van der Waals surface area (Å²) >= 11 is 0. The summed E-state index contributed by atoms with van der Waals surface area (Å²) in [6.45, 7) is 11.6. The number of rotatable bonds is 10. The van der Waals surface area contributed by atoms with E-state index in [2.05, 4.69) is 83.1 Å². The van der Waals surface area contributed by atoms with Gasteiger partial charge in [0.15, 0.2) is 0 Å². The van der Waals surface area contributed by atoms with Gasteiger partial charge < -0.3 is 0 Å². The van der Waals surface area contributed by atoms with Gasteiger partial charge in [-0.15, -0.1) is 0 Å². The second-order valence-electron chi connectivity index (χ2n) is 8.75. The summed E-state index contributed by atoms with van der Waals surface area (Å²) < 4.78 is 0. The fourth-order valence-electron chi connectivity index (χ4n) is 3.55. The van der Waals surface area contributed by atoms with Gasteiger partial charge in [0.25, 0.3) is 0 Å². The van der Waals surface area contributed by atoms with Crippen LogP contribution in [0.25, 0.3) is 0 Å². The maximum absolute atomic E-state index is 2.43. The van der Waals surface area contributed by atoms with E-state index in [1.807, 2.05) is 0 Å². The fraction of sp³-hybridized carbons (Fsp3) is 0.538. The van der Waals surface area contributed by atoms with Gasteiger partial charge in [-0.05, 0) is 67.1 Å². The third-order valence-electron chi connectivity index (χ3n) is 5.74. The first-order valence-electron chi connectivity index (χ1n) is 10.6. The van der Waals surface area contributed by atoms with E-state index in [4.69, 9.17) is 0 Å². The Bertz CT molecular complexity index is 635. The minimum Gasteiger partial charge on any atom is -0.0625 e. The van der Waals surface area contributed by atoms with Crippen LogP contribution in [-0.4, -0.2) is 0 Å². The van der Waals surface area contributed by atoms with Gasteiger partial charge in [-0.3, -0.25) is 0 Å². The van der Waals surface area contributed by atoms with Gasteiger partial charge in [-0.1, -0.05) is 94.6 Å². The summed E-state index contributed by atoms with van der Waals surface area (Å²) in [7, 11) is 0. The lowest BCUT2D eigenvalue weighted by atomic mass is 9.90. The average Bonchev–Trinajstić information content (AvgIpc) is 2.64. The number of aryl methyl sites for hydroxylation is 3. The molecule has 2 atom stereocenters. The van der Waals surface area contributed by atoms with Gasteiger partial charge in [0.05, 0.1) is 0 Å². The van der Waals surface area contributed by atoms with Crippen LogP contribution in [0.3, 0.4) is 0 Å². The second-order valence-corrected chi connectivity index (χ2v) is 8.75. The molecule has 0 nitrogen and oxygen atoms in total. The summed E-state index contributed by atoms with van der Waals surface area (Å²) in [4.78, 5) is 0. The molecule has 0 N–H and O–H groups in total. The number of hydrogen-bond donors (Lipinski definition) is 0. The predicted molar refractivity (Wildman–Crippen MR) is 116 cm³/mol. The van der Waals surface area contributed by atoms with Gasteiger partial charge in [0.1, 0.15) is 0 Å². The standard InChI is InChI=1S/C26H38/c1-20(2)26-8-6-7-25(19-26)18-14-22(4)10-9-21(3)11-15-24-16-12-23(5)13-17-24/h6-8,12-13,16-17,19-22H,9-11,14-15,18H2,1-5H3. The van der Waals surface area contributed by atoms with Crippen molar-refractivity contribution in [1.82, 2.24) is 0 Å². The molecule has 0 aliphatic carbocycles. The Labute approximate surface area is 162 Å². The first-order chi connectivity index (χ1) is 12.4. The summed E-state index contributed by atoms with van der Waals surface area (Å²) in [5.74, 6) is 2.27. The van der Waals surface area contributed by atoms with Gasteiger partial charge >= 0.3 is 0 Å². The maximum atomic E-state index is 2.43. The van der Waals surface area contributed by atoms with Gasteiger partial charge in [-0.25, -0.2) is 0 Å². The molecule has 0 spiro atoms. The molecule has 2 aromatic carbocycles. The van der Waals surface area contributed by atoms with Crippen LogP contribution in [0.1, 0.15) is 81.5 Å². The van der Waals surface area contributed by atoms with Crippen molar-refractivity contribution in [1.29, 1.82) is 0 Å². The first kappa shape index (κ1) is 20.7. The minimum absolute atomic E-state index is 0.627. The van der Waals surface area contributed by atoms with Gasteiger partial charge in [-0.2, -0.15) is 0 Å². The molecule has 2 rings (SSSR count). The van der Waals surface area contributed by atoms with E-state index in [0.717, 1.165) is 11.8 Å². The van der Waals surface area contributed by atoms with Crippen molar-refractivity contribution in [2.45, 2.75) is 79.1 Å². The highest BCUT2D eigenvalue weighted by atomic mass is 14.1. The van der Waals surface area contributed by atoms with Crippen LogP contribution in [0, 0.1) is 18.8 Å². The van der Waals surface area contributed by atoms with Crippen molar-refractivity contribution < 1.29 is 0 Å². The summed E-state index contributed by atoms with van der Waals surface area (Å²) in [6, 6.07) is 18.2. The number of hydrogen-bond acceptors (Lipinski definition) is 0. The van der Waals surface area contributed by atoms with E-state index < -0.39 is 0 Å². The molecule has 142 valence electrons. The smallest absolute Gasteiger partial charge is 0.0219 e. The zero-order valence-electron chi connectivity index (χ0n) is 17.6. The van der Waals surface area contributed by atoms with Crippen molar-refractivity contribution >= 4 is 0 Å². The maximum Gasteiger partial charge on any atom is -0.0219 e. The molecule has 0 saturated carbocycles. The van der Waals surface area contributed by atoms with Crippen LogP contribution >= 0.6 is 0 Å². The molecule has 0 amide bonds. The van der Waals surface area contributed by atoms with Crippen LogP contribution in [0.2, 0.25) is 0 Å². The second kappa shape index (κ2) is 10.6. The predicted octanol–water partition coefficient (Wildman–Crippen LogP) is 7.74. The fourth-order valence-corrected chi connectivity index (χ4v) is 3.55. The van der Waals surface area contributed by atoms with Crippen molar-refractivity contribution in [2.75, 3.05) is 0 Å². The monoisotopic (exact) mass is 350 g/mol. The van der Waals surface area contributed by atoms with E-state index in [1.165, 1.54) is 60.8 Å². The SMILES string of the molecule is Cc1ccc(CCC(C)CCC(C)CCc2cccc(C(C)C)c2)cc1. The highest BCUT2D eigenvalue weighted by molar-refractivity contribution is 5.25. The Morgan fingerprint density at radius 2 is 1.23 bits per heavy atom. The van der Waals surface area contributed by atoms with E-state index in [-0.39, 0.29) is 0 Å². The highest BCUT2D eigenvalue weighted by Crippen LogP contribution is 2.22. The Kier molecular flexibility index (Phi) is 8.42. The molecule has 0 saturated heterocycles. The zero-order valence-corrected chi connectivity index (χ0v) is 17.6. The Hall–Kier alpha value is -1.56. The molecule has 2 unspecified atom stereocenters. The molecule has 0 fully saturated rings. The summed E-state index contributed by atoms with van der Waals surface area (Å²) in [5.41, 5.74) is 5.82. The Balaban J connectivity index is 1.66. The third-order valence-corrected chi connectivity index (χ3v) is 5.74. The molecule has 0 radical (unpaired) electrons. The normalized spacial score (nSPS) is 13.8. The minimum atomic E-state index is 0.627. The molecule has 0 bridgehead atoms. The van der Waals surface area contributed by atoms with E-state index >= 15 is 0 Å². The van der Waals surface area contributed by atoms with E-state index in [0.29, 0.717) is 5.92 Å². The topological polar surface area (TPSA) is 0 Å². The number of benzene rings is 2. The lowest BCUT2D eigenvalue weighted by molar-refractivity contribution is 0.398. The lowest BCUT2D eigenvalue weighted by Gasteiger charge is -2.16. The van der Waals surface area contributed by atoms with E-state index in [1.54, 1.807) is 0 Å². The molecule has 0 aliphatic rings. The van der Waals surface area contributed by atoms with Gasteiger partial charge in [0.2, 0.25) is 0 Å². The first-order valence-corrected chi connectivity index (χ1v) is 10.6. The molecule has 0 aromatic heterocycles. The molecular weight excluding hydrogens is 312 g/mol. The molecule has 0 heterocycles. The van der Waals surface area contributed by atoms with Crippen molar-refractivity contribution in [2.24, 2.45) is 11.8 Å². The van der Waals surface area contributed by atoms with Crippen LogP contribution in [-0.2, 0) is 12.8 Å². The van der Waals surface area contributed by atoms with Gasteiger partial charge in [0, 0.05) is 0 Å². The summed E-state index contributed by atoms with van der Waals surface area (Å²) in [6.07, 6.45) is 7.79. The Morgan fingerprint density at radius 1 is 0.654 bits per heavy atom. The van der Waals surface area contributed by atoms with Crippen molar-refractivity contribution in [3.8, 4) is 0 Å². The highest BCUT2D eigenvalue weighted by Gasteiger charge is 2.08. The Morgan fingerprint density at radius 3 is 1.81 bits per heavy atom. The third kappa shape index (κ3) is 7.36. The molecule has 26 heavy (non-hydrogen) atoms. The van der Waals surface area contributed by atoms with Crippen molar-refractivity contribution in [3.63, 3.8) is 0 Å². The van der Waals surface area contributed by atoms with Crippen LogP contribution in [0.15, 0.2) is 48.5 Å². The molecule has 2 aromatic rings. The zero-order chi connectivity index (χ0) is 18.9. The van der Waals surface area contributed by atoms with Crippen LogP contribution in [0.5, 0.6) is 0 Å². The quantitative estimate of drug-likeness (QED) is 0.411. The molecule has 0 aliphatic heterocycles. The molecule has 0 heteroatoms. The van der Waals surface area contributed by atoms with Crippen molar-refractivity contribution in [3.05, 3.63) is 70.8 Å². The average molecular weight is 351 g/mol. The summed E-state index contributed by atoms with van der Waals surface area (Å²) in [5, 5.41) is 0. The van der Waals surface area contributed by atoms with Crippen LogP contribution in [0.4, 0.5) is 0 Å². The van der Waals surface area contributed by atoms with E-state index in [9.17, 15) is 0 Å². The lowest BCUT2D eigenvalue weighted by Crippen LogP contribution is -2.03. The van der Waals surface area contributed by atoms with Crippen LogP contribution < -0.4 is 0 Å².